The van der Waals surface area contributed by atoms with E-state index in [9.17, 15) is 9.59 Å². The van der Waals surface area contributed by atoms with E-state index in [1.54, 1.807) is 6.92 Å². The van der Waals surface area contributed by atoms with Crippen molar-refractivity contribution < 1.29 is 19.4 Å². The first kappa shape index (κ1) is 21.2. The lowest BCUT2D eigenvalue weighted by Crippen LogP contribution is -2.32. The van der Waals surface area contributed by atoms with Crippen LogP contribution in [0, 0.1) is 17.3 Å². The number of carbonyl (C=O) groups is 2. The molecular formula is C16H32O4. The van der Waals surface area contributed by atoms with Gasteiger partial charge in [0.2, 0.25) is 0 Å². The van der Waals surface area contributed by atoms with Crippen LogP contribution in [-0.4, -0.2) is 23.1 Å². The third-order valence-electron chi connectivity index (χ3n) is 3.86. The van der Waals surface area contributed by atoms with Gasteiger partial charge >= 0.3 is 11.9 Å². The Bertz CT molecular complexity index is 295. The standard InChI is InChI=1S/2C8H16O2/c1-5-8(4,6(2)3)7(9)10;1-5-7(4)8(9)10-6(2)3/h6H,5H2,1-4H3,(H,9,10);6-7H,5H2,1-4H3. The summed E-state index contributed by atoms with van der Waals surface area (Å²) < 4.78 is 4.96. The molecule has 0 saturated carbocycles. The van der Waals surface area contributed by atoms with Gasteiger partial charge in [0.25, 0.3) is 0 Å². The molecule has 120 valence electrons. The molecule has 2 unspecified atom stereocenters. The second-order valence-corrected chi connectivity index (χ2v) is 6.03. The summed E-state index contributed by atoms with van der Waals surface area (Å²) in [4.78, 5) is 21.7. The lowest BCUT2D eigenvalue weighted by Gasteiger charge is -2.27. The highest BCUT2D eigenvalue weighted by Gasteiger charge is 2.34. The van der Waals surface area contributed by atoms with E-state index in [2.05, 4.69) is 0 Å². The Labute approximate surface area is 123 Å². The van der Waals surface area contributed by atoms with Crippen LogP contribution in [-0.2, 0) is 14.3 Å². The molecule has 0 aromatic carbocycles. The van der Waals surface area contributed by atoms with Crippen LogP contribution in [0.15, 0.2) is 0 Å². The Morgan fingerprint density at radius 2 is 1.55 bits per heavy atom. The van der Waals surface area contributed by atoms with Gasteiger partial charge in [-0.05, 0) is 39.5 Å². The zero-order chi connectivity index (χ0) is 16.5. The van der Waals surface area contributed by atoms with Gasteiger partial charge in [-0.2, -0.15) is 0 Å². The number of rotatable bonds is 6. The van der Waals surface area contributed by atoms with Gasteiger partial charge in [-0.15, -0.1) is 0 Å². The number of carbonyl (C=O) groups excluding carboxylic acids is 1. The molecule has 0 aromatic heterocycles. The van der Waals surface area contributed by atoms with E-state index >= 15 is 0 Å². The van der Waals surface area contributed by atoms with E-state index in [1.165, 1.54) is 0 Å². The number of hydrogen-bond acceptors (Lipinski definition) is 3. The van der Waals surface area contributed by atoms with Crippen LogP contribution in [0.1, 0.15) is 68.2 Å². The van der Waals surface area contributed by atoms with Crippen LogP contribution in [0.3, 0.4) is 0 Å². The average Bonchev–Trinajstić information content (AvgIpc) is 2.35. The van der Waals surface area contributed by atoms with E-state index in [0.29, 0.717) is 6.42 Å². The van der Waals surface area contributed by atoms with Crippen molar-refractivity contribution in [2.24, 2.45) is 17.3 Å². The van der Waals surface area contributed by atoms with E-state index in [0.717, 1.165) is 6.42 Å². The molecule has 0 bridgehead atoms. The zero-order valence-corrected chi connectivity index (χ0v) is 14.3. The molecule has 0 fully saturated rings. The Morgan fingerprint density at radius 1 is 1.10 bits per heavy atom. The van der Waals surface area contributed by atoms with Gasteiger partial charge in [0.05, 0.1) is 17.4 Å². The predicted octanol–water partition coefficient (Wildman–Crippen LogP) is 4.13. The minimum atomic E-state index is -0.690. The number of carboxylic acid groups (broad SMARTS) is 1. The molecule has 0 aromatic rings. The van der Waals surface area contributed by atoms with E-state index in [4.69, 9.17) is 9.84 Å². The van der Waals surface area contributed by atoms with Gasteiger partial charge in [-0.3, -0.25) is 9.59 Å². The Kier molecular flexibility index (Phi) is 10.4. The van der Waals surface area contributed by atoms with Crippen LogP contribution >= 0.6 is 0 Å². The first-order valence-electron chi connectivity index (χ1n) is 7.46. The molecule has 0 aliphatic carbocycles. The van der Waals surface area contributed by atoms with E-state index in [-0.39, 0.29) is 23.9 Å². The molecule has 0 heterocycles. The van der Waals surface area contributed by atoms with Crippen LogP contribution in [0.2, 0.25) is 0 Å². The molecule has 0 aliphatic rings. The molecule has 0 aliphatic heterocycles. The molecule has 0 rings (SSSR count). The number of aliphatic carboxylic acids is 1. The predicted molar refractivity (Wildman–Crippen MR) is 81.6 cm³/mol. The maximum atomic E-state index is 11.0. The summed E-state index contributed by atoms with van der Waals surface area (Å²) in [5.41, 5.74) is -0.542. The molecule has 0 saturated heterocycles. The summed E-state index contributed by atoms with van der Waals surface area (Å²) in [7, 11) is 0. The normalized spacial score (nSPS) is 15.1. The monoisotopic (exact) mass is 288 g/mol. The topological polar surface area (TPSA) is 63.6 Å². The number of esters is 1. The van der Waals surface area contributed by atoms with E-state index in [1.807, 2.05) is 48.5 Å². The van der Waals surface area contributed by atoms with Crippen molar-refractivity contribution in [3.8, 4) is 0 Å². The van der Waals surface area contributed by atoms with Crippen molar-refractivity contribution in [2.75, 3.05) is 0 Å². The van der Waals surface area contributed by atoms with Gasteiger partial charge in [0, 0.05) is 0 Å². The lowest BCUT2D eigenvalue weighted by atomic mass is 9.77. The van der Waals surface area contributed by atoms with Gasteiger partial charge in [0.15, 0.2) is 0 Å². The molecule has 0 spiro atoms. The highest BCUT2D eigenvalue weighted by atomic mass is 16.5. The Hall–Kier alpha value is -1.06. The third-order valence-corrected chi connectivity index (χ3v) is 3.86. The smallest absolute Gasteiger partial charge is 0.309 e. The summed E-state index contributed by atoms with van der Waals surface area (Å²) in [6.07, 6.45) is 1.56. The number of carboxylic acids is 1. The summed E-state index contributed by atoms with van der Waals surface area (Å²) >= 11 is 0. The minimum absolute atomic E-state index is 0.0153. The summed E-state index contributed by atoms with van der Waals surface area (Å²) in [6.45, 7) is 15.2. The second kappa shape index (κ2) is 9.78. The number of hydrogen-bond donors (Lipinski definition) is 1. The van der Waals surface area contributed by atoms with Crippen LogP contribution in [0.25, 0.3) is 0 Å². The lowest BCUT2D eigenvalue weighted by molar-refractivity contribution is -0.152. The Morgan fingerprint density at radius 3 is 1.70 bits per heavy atom. The number of ether oxygens (including phenoxy) is 1. The SMILES string of the molecule is CCC(C)(C(=O)O)C(C)C.CCC(C)C(=O)OC(C)C. The molecule has 4 heteroatoms. The van der Waals surface area contributed by atoms with Crippen LogP contribution in [0.4, 0.5) is 0 Å². The third kappa shape index (κ3) is 7.51. The van der Waals surface area contributed by atoms with Crippen LogP contribution in [0.5, 0.6) is 0 Å². The maximum absolute atomic E-state index is 11.0. The highest BCUT2D eigenvalue weighted by molar-refractivity contribution is 5.74. The van der Waals surface area contributed by atoms with Crippen molar-refractivity contribution in [1.82, 2.24) is 0 Å². The fourth-order valence-electron chi connectivity index (χ4n) is 1.32. The first-order valence-corrected chi connectivity index (χ1v) is 7.46. The first-order chi connectivity index (χ1) is 9.02. The molecule has 20 heavy (non-hydrogen) atoms. The van der Waals surface area contributed by atoms with Gasteiger partial charge in [0.1, 0.15) is 0 Å². The molecule has 0 radical (unpaired) electrons. The minimum Gasteiger partial charge on any atom is -0.481 e. The molecule has 2 atom stereocenters. The van der Waals surface area contributed by atoms with Crippen molar-refractivity contribution in [2.45, 2.75) is 74.3 Å². The molecule has 1 N–H and O–H groups in total. The molecule has 0 amide bonds. The van der Waals surface area contributed by atoms with E-state index < -0.39 is 11.4 Å². The summed E-state index contributed by atoms with van der Waals surface area (Å²) in [6, 6.07) is 0. The van der Waals surface area contributed by atoms with Gasteiger partial charge < -0.3 is 9.84 Å². The quantitative estimate of drug-likeness (QED) is 0.746. The van der Waals surface area contributed by atoms with Crippen LogP contribution < -0.4 is 0 Å². The van der Waals surface area contributed by atoms with Crippen molar-refractivity contribution in [3.05, 3.63) is 0 Å². The highest BCUT2D eigenvalue weighted by Crippen LogP contribution is 2.30. The second-order valence-electron chi connectivity index (χ2n) is 6.03. The fraction of sp³-hybridized carbons (Fsp3) is 0.875. The van der Waals surface area contributed by atoms with Crippen molar-refractivity contribution >= 4 is 11.9 Å². The molecule has 4 nitrogen and oxygen atoms in total. The zero-order valence-electron chi connectivity index (χ0n) is 14.3. The van der Waals surface area contributed by atoms with Gasteiger partial charge in [-0.25, -0.2) is 0 Å². The summed E-state index contributed by atoms with van der Waals surface area (Å²) in [5, 5.41) is 8.80. The Balaban J connectivity index is 0. The largest absolute Gasteiger partial charge is 0.481 e. The maximum Gasteiger partial charge on any atom is 0.309 e. The van der Waals surface area contributed by atoms with Crippen molar-refractivity contribution in [1.29, 1.82) is 0 Å². The summed E-state index contributed by atoms with van der Waals surface area (Å²) in [5.74, 6) is -0.528. The fourth-order valence-corrected chi connectivity index (χ4v) is 1.32. The van der Waals surface area contributed by atoms with Crippen molar-refractivity contribution in [3.63, 3.8) is 0 Å². The van der Waals surface area contributed by atoms with Gasteiger partial charge in [-0.1, -0.05) is 34.6 Å². The average molecular weight is 288 g/mol. The molecular weight excluding hydrogens is 256 g/mol.